The highest BCUT2D eigenvalue weighted by Gasteiger charge is 2.15. The molecule has 0 aliphatic heterocycles. The van der Waals surface area contributed by atoms with Gasteiger partial charge >= 0.3 is 0 Å². The van der Waals surface area contributed by atoms with Crippen LogP contribution in [0.2, 0.25) is 0 Å². The van der Waals surface area contributed by atoms with Crippen LogP contribution < -0.4 is 14.2 Å². The zero-order chi connectivity index (χ0) is 16.0. The molecule has 0 aliphatic rings. The molecular formula is C15H19NO4S2. The van der Waals surface area contributed by atoms with Gasteiger partial charge in [0.1, 0.15) is 22.3 Å². The highest BCUT2D eigenvalue weighted by Crippen LogP contribution is 2.22. The number of thiophene rings is 1. The number of rotatable bonds is 8. The van der Waals surface area contributed by atoms with Gasteiger partial charge in [-0.3, -0.25) is 0 Å². The Morgan fingerprint density at radius 2 is 1.95 bits per heavy atom. The van der Waals surface area contributed by atoms with E-state index in [2.05, 4.69) is 4.72 Å². The third-order valence-corrected chi connectivity index (χ3v) is 6.14. The standard InChI is InChI=1S/C15H19NO4S2/c1-3-14-7-8-15(21-14)22(17,18)16-9-10-20-13-6-4-5-12(11-13)19-2/h4-8,11,16H,3,9-10H2,1-2H3. The summed E-state index contributed by atoms with van der Waals surface area (Å²) in [5.41, 5.74) is 0. The van der Waals surface area contributed by atoms with Crippen molar-refractivity contribution in [1.29, 1.82) is 0 Å². The van der Waals surface area contributed by atoms with E-state index in [1.807, 2.05) is 25.1 Å². The average Bonchev–Trinajstić information content (AvgIpc) is 3.02. The van der Waals surface area contributed by atoms with Crippen molar-refractivity contribution < 1.29 is 17.9 Å². The van der Waals surface area contributed by atoms with Gasteiger partial charge in [-0.15, -0.1) is 11.3 Å². The summed E-state index contributed by atoms with van der Waals surface area (Å²) in [6.45, 7) is 2.45. The quantitative estimate of drug-likeness (QED) is 0.750. The first-order valence-corrected chi connectivity index (χ1v) is 9.20. The molecule has 120 valence electrons. The number of hydrogen-bond acceptors (Lipinski definition) is 5. The van der Waals surface area contributed by atoms with Crippen LogP contribution in [0.25, 0.3) is 0 Å². The minimum Gasteiger partial charge on any atom is -0.497 e. The van der Waals surface area contributed by atoms with Crippen molar-refractivity contribution in [2.45, 2.75) is 17.6 Å². The highest BCUT2D eigenvalue weighted by atomic mass is 32.2. The first kappa shape index (κ1) is 16.8. The Labute approximate surface area is 134 Å². The molecule has 0 atom stereocenters. The van der Waals surface area contributed by atoms with Gasteiger partial charge in [0, 0.05) is 17.5 Å². The molecule has 1 N–H and O–H groups in total. The van der Waals surface area contributed by atoms with E-state index in [1.165, 1.54) is 11.3 Å². The first-order valence-electron chi connectivity index (χ1n) is 6.90. The number of sulfonamides is 1. The zero-order valence-corrected chi connectivity index (χ0v) is 14.2. The number of ether oxygens (including phenoxy) is 2. The van der Waals surface area contributed by atoms with Gasteiger partial charge in [0.05, 0.1) is 7.11 Å². The second-order valence-electron chi connectivity index (χ2n) is 4.50. The van der Waals surface area contributed by atoms with Gasteiger partial charge in [0.25, 0.3) is 0 Å². The molecule has 7 heteroatoms. The summed E-state index contributed by atoms with van der Waals surface area (Å²) >= 11 is 1.29. The molecule has 0 aliphatic carbocycles. The van der Waals surface area contributed by atoms with Crippen LogP contribution in [0.15, 0.2) is 40.6 Å². The molecule has 0 radical (unpaired) electrons. The number of methoxy groups -OCH3 is 1. The summed E-state index contributed by atoms with van der Waals surface area (Å²) in [5, 5.41) is 0. The smallest absolute Gasteiger partial charge is 0.250 e. The summed E-state index contributed by atoms with van der Waals surface area (Å²) in [6, 6.07) is 10.7. The largest absolute Gasteiger partial charge is 0.497 e. The predicted octanol–water partition coefficient (Wildman–Crippen LogP) is 2.68. The Kier molecular flexibility index (Phi) is 5.82. The minimum absolute atomic E-state index is 0.207. The minimum atomic E-state index is -3.45. The van der Waals surface area contributed by atoms with Crippen molar-refractivity contribution in [2.75, 3.05) is 20.3 Å². The first-order chi connectivity index (χ1) is 10.5. The Balaban J connectivity index is 1.85. The molecule has 0 spiro atoms. The molecule has 0 saturated carbocycles. The van der Waals surface area contributed by atoms with Crippen LogP contribution >= 0.6 is 11.3 Å². The Morgan fingerprint density at radius 3 is 2.64 bits per heavy atom. The van der Waals surface area contributed by atoms with E-state index in [0.29, 0.717) is 15.7 Å². The maximum absolute atomic E-state index is 12.1. The van der Waals surface area contributed by atoms with E-state index >= 15 is 0 Å². The van der Waals surface area contributed by atoms with Crippen LogP contribution in [-0.4, -0.2) is 28.7 Å². The predicted molar refractivity (Wildman–Crippen MR) is 87.4 cm³/mol. The molecule has 1 aromatic carbocycles. The van der Waals surface area contributed by atoms with E-state index in [-0.39, 0.29) is 13.2 Å². The molecule has 22 heavy (non-hydrogen) atoms. The summed E-state index contributed by atoms with van der Waals surface area (Å²) in [4.78, 5) is 1.05. The fourth-order valence-electron chi connectivity index (χ4n) is 1.80. The molecule has 2 rings (SSSR count). The van der Waals surface area contributed by atoms with Gasteiger partial charge in [-0.25, -0.2) is 13.1 Å². The van der Waals surface area contributed by atoms with E-state index in [9.17, 15) is 8.42 Å². The van der Waals surface area contributed by atoms with Crippen molar-refractivity contribution >= 4 is 21.4 Å². The second kappa shape index (κ2) is 7.62. The van der Waals surface area contributed by atoms with Gasteiger partial charge in [0.2, 0.25) is 10.0 Å². The maximum Gasteiger partial charge on any atom is 0.250 e. The van der Waals surface area contributed by atoms with Crippen LogP contribution in [0, 0.1) is 0 Å². The van der Waals surface area contributed by atoms with Gasteiger partial charge in [-0.2, -0.15) is 0 Å². The van der Waals surface area contributed by atoms with E-state index in [0.717, 1.165) is 11.3 Å². The highest BCUT2D eigenvalue weighted by molar-refractivity contribution is 7.91. The normalized spacial score (nSPS) is 11.4. The van der Waals surface area contributed by atoms with Crippen molar-refractivity contribution in [3.63, 3.8) is 0 Å². The molecule has 0 amide bonds. The molecule has 5 nitrogen and oxygen atoms in total. The fourth-order valence-corrected chi connectivity index (χ4v) is 4.15. The summed E-state index contributed by atoms with van der Waals surface area (Å²) in [7, 11) is -1.87. The van der Waals surface area contributed by atoms with Crippen LogP contribution in [0.4, 0.5) is 0 Å². The lowest BCUT2D eigenvalue weighted by Crippen LogP contribution is -2.27. The lowest BCUT2D eigenvalue weighted by Gasteiger charge is -2.08. The molecule has 1 heterocycles. The average molecular weight is 341 g/mol. The summed E-state index contributed by atoms with van der Waals surface area (Å²) in [5.74, 6) is 1.34. The van der Waals surface area contributed by atoms with E-state index < -0.39 is 10.0 Å². The summed E-state index contributed by atoms with van der Waals surface area (Å²) < 4.78 is 37.7. The topological polar surface area (TPSA) is 64.6 Å². The van der Waals surface area contributed by atoms with Crippen LogP contribution in [0.5, 0.6) is 11.5 Å². The second-order valence-corrected chi connectivity index (χ2v) is 7.66. The molecule has 2 aromatic rings. The molecule has 0 unspecified atom stereocenters. The molecule has 0 saturated heterocycles. The number of aryl methyl sites for hydroxylation is 1. The monoisotopic (exact) mass is 341 g/mol. The van der Waals surface area contributed by atoms with Crippen molar-refractivity contribution in [3.8, 4) is 11.5 Å². The zero-order valence-electron chi connectivity index (χ0n) is 12.5. The Morgan fingerprint density at radius 1 is 1.18 bits per heavy atom. The van der Waals surface area contributed by atoms with Crippen molar-refractivity contribution in [3.05, 3.63) is 41.3 Å². The number of benzene rings is 1. The lowest BCUT2D eigenvalue weighted by atomic mass is 10.3. The van der Waals surface area contributed by atoms with Gasteiger partial charge < -0.3 is 9.47 Å². The lowest BCUT2D eigenvalue weighted by molar-refractivity contribution is 0.320. The third-order valence-electron chi connectivity index (χ3n) is 2.95. The van der Waals surface area contributed by atoms with Gasteiger partial charge in [-0.05, 0) is 30.7 Å². The molecule has 0 bridgehead atoms. The third kappa shape index (κ3) is 4.46. The Hall–Kier alpha value is -1.57. The number of hydrogen-bond donors (Lipinski definition) is 1. The van der Waals surface area contributed by atoms with Crippen molar-refractivity contribution in [2.24, 2.45) is 0 Å². The molecule has 1 aromatic heterocycles. The number of nitrogens with one attached hydrogen (secondary N) is 1. The maximum atomic E-state index is 12.1. The van der Waals surface area contributed by atoms with Crippen LogP contribution in [0.3, 0.4) is 0 Å². The van der Waals surface area contributed by atoms with Crippen LogP contribution in [-0.2, 0) is 16.4 Å². The van der Waals surface area contributed by atoms with Gasteiger partial charge in [-0.1, -0.05) is 13.0 Å². The SMILES string of the molecule is CCc1ccc(S(=O)(=O)NCCOc2cccc(OC)c2)s1. The van der Waals surface area contributed by atoms with Gasteiger partial charge in [0.15, 0.2) is 0 Å². The van der Waals surface area contributed by atoms with Crippen molar-refractivity contribution in [1.82, 2.24) is 4.72 Å². The Bertz CT molecular complexity index is 710. The fraction of sp³-hybridized carbons (Fsp3) is 0.333. The molecular weight excluding hydrogens is 322 g/mol. The van der Waals surface area contributed by atoms with Crippen LogP contribution in [0.1, 0.15) is 11.8 Å². The summed E-state index contributed by atoms with van der Waals surface area (Å²) in [6.07, 6.45) is 0.832. The van der Waals surface area contributed by atoms with E-state index in [4.69, 9.17) is 9.47 Å². The molecule has 0 fully saturated rings. The van der Waals surface area contributed by atoms with E-state index in [1.54, 1.807) is 25.3 Å².